The van der Waals surface area contributed by atoms with Gasteiger partial charge in [0.05, 0.1) is 35.5 Å². The lowest BCUT2D eigenvalue weighted by atomic mass is 9.87. The number of hydrogen-bond acceptors (Lipinski definition) is 7. The molecule has 3 atom stereocenters. The van der Waals surface area contributed by atoms with Gasteiger partial charge >= 0.3 is 6.01 Å². The van der Waals surface area contributed by atoms with Gasteiger partial charge < -0.3 is 24.2 Å². The lowest BCUT2D eigenvalue weighted by Gasteiger charge is -2.47. The summed E-state index contributed by atoms with van der Waals surface area (Å²) in [7, 11) is 2.17. The van der Waals surface area contributed by atoms with Gasteiger partial charge in [0, 0.05) is 35.8 Å². The van der Waals surface area contributed by atoms with Crippen molar-refractivity contribution < 1.29 is 9.47 Å². The maximum atomic E-state index is 6.69. The summed E-state index contributed by atoms with van der Waals surface area (Å²) in [5, 5.41) is 3.03. The third kappa shape index (κ3) is 4.16. The van der Waals surface area contributed by atoms with Crippen LogP contribution in [0.25, 0.3) is 10.8 Å². The second-order valence-corrected chi connectivity index (χ2v) is 11.5. The van der Waals surface area contributed by atoms with E-state index in [-0.39, 0.29) is 6.10 Å². The van der Waals surface area contributed by atoms with Crippen LogP contribution >= 0.6 is 11.6 Å². The summed E-state index contributed by atoms with van der Waals surface area (Å²) < 4.78 is 12.2. The van der Waals surface area contributed by atoms with Crippen LogP contribution in [-0.4, -0.2) is 66.8 Å². The van der Waals surface area contributed by atoms with Crippen LogP contribution in [0.15, 0.2) is 48.7 Å². The van der Waals surface area contributed by atoms with Crippen LogP contribution < -0.4 is 14.5 Å². The molecule has 3 fully saturated rings. The first-order valence-corrected chi connectivity index (χ1v) is 14.2. The van der Waals surface area contributed by atoms with Gasteiger partial charge in [-0.05, 0) is 56.8 Å². The predicted molar refractivity (Wildman–Crippen MR) is 151 cm³/mol. The highest BCUT2D eigenvalue weighted by molar-refractivity contribution is 6.36. The average Bonchev–Trinajstić information content (AvgIpc) is 3.34. The number of likely N-dealkylation sites (tertiary alicyclic amines) is 1. The van der Waals surface area contributed by atoms with Crippen LogP contribution in [0.2, 0.25) is 5.02 Å². The van der Waals surface area contributed by atoms with Crippen molar-refractivity contribution in [3.05, 3.63) is 65.0 Å². The molecule has 38 heavy (non-hydrogen) atoms. The number of rotatable bonds is 5. The van der Waals surface area contributed by atoms with Gasteiger partial charge in [0.25, 0.3) is 0 Å². The monoisotopic (exact) mass is 531 g/mol. The van der Waals surface area contributed by atoms with Crippen molar-refractivity contribution in [2.75, 3.05) is 49.6 Å². The number of aromatic nitrogens is 2. The Labute approximate surface area is 229 Å². The first kappa shape index (κ1) is 24.0. The summed E-state index contributed by atoms with van der Waals surface area (Å²) in [6, 6.07) is 13.4. The minimum atomic E-state index is 0.205. The molecule has 0 radical (unpaired) electrons. The molecule has 0 bridgehead atoms. The molecule has 2 aromatic carbocycles. The number of ether oxygens (including phenoxy) is 2. The third-order valence-corrected chi connectivity index (χ3v) is 9.16. The number of hydrogen-bond donors (Lipinski definition) is 0. The van der Waals surface area contributed by atoms with Crippen molar-refractivity contribution in [1.29, 1.82) is 0 Å². The van der Waals surface area contributed by atoms with Gasteiger partial charge in [-0.25, -0.2) is 0 Å². The first-order valence-electron chi connectivity index (χ1n) is 13.8. The molecule has 5 heterocycles. The van der Waals surface area contributed by atoms with Gasteiger partial charge in [0.1, 0.15) is 18.5 Å². The molecule has 0 aliphatic carbocycles. The van der Waals surface area contributed by atoms with E-state index >= 15 is 0 Å². The lowest BCUT2D eigenvalue weighted by Crippen LogP contribution is -2.52. The van der Waals surface area contributed by atoms with Gasteiger partial charge in [-0.2, -0.15) is 9.97 Å². The fourth-order valence-electron chi connectivity index (χ4n) is 6.63. The number of nitrogens with zero attached hydrogens (tertiary/aromatic N) is 5. The van der Waals surface area contributed by atoms with Gasteiger partial charge in [0.2, 0.25) is 0 Å². The van der Waals surface area contributed by atoms with E-state index in [2.05, 4.69) is 52.6 Å². The molecule has 3 aromatic rings. The summed E-state index contributed by atoms with van der Waals surface area (Å²) in [5.74, 6) is 2.43. The Hall–Kier alpha value is -3.03. The van der Waals surface area contributed by atoms with E-state index in [0.717, 1.165) is 84.2 Å². The molecule has 4 aliphatic heterocycles. The van der Waals surface area contributed by atoms with Crippen molar-refractivity contribution in [2.45, 2.75) is 44.4 Å². The summed E-state index contributed by atoms with van der Waals surface area (Å²) >= 11 is 6.69. The fraction of sp³-hybridized carbons (Fsp3) is 0.467. The molecule has 0 spiro atoms. The molecule has 7 rings (SSSR count). The summed E-state index contributed by atoms with van der Waals surface area (Å²) in [4.78, 5) is 17.2. The molecule has 198 valence electrons. The van der Waals surface area contributed by atoms with Gasteiger partial charge in [-0.1, -0.05) is 42.4 Å². The largest absolute Gasteiger partial charge is 0.492 e. The number of piperidine rings is 1. The number of benzene rings is 2. The highest BCUT2D eigenvalue weighted by Gasteiger charge is 2.42. The van der Waals surface area contributed by atoms with E-state index in [9.17, 15) is 0 Å². The Bertz CT molecular complexity index is 1390. The molecule has 4 aliphatic rings. The molecule has 3 saturated heterocycles. The van der Waals surface area contributed by atoms with Crippen LogP contribution in [0.4, 0.5) is 11.5 Å². The zero-order valence-electron chi connectivity index (χ0n) is 21.9. The Morgan fingerprint density at radius 3 is 2.74 bits per heavy atom. The molecular formula is C30H34ClN5O2. The standard InChI is InChI=1S/C30H34ClN5O2/c1-19-22-11-15-36(17-27(22)38-19)29-23-12-14-35(26-10-4-7-20-6-3-9-24(31)28(20)26)16-25(23)32-30(33-29)37-18-21-8-5-13-34(21)2/h3-4,6-7,9-10,21-22,27H,1,5,8,11-18H2,2H3. The Kier molecular flexibility index (Phi) is 6.08. The Morgan fingerprint density at radius 1 is 1.08 bits per heavy atom. The van der Waals surface area contributed by atoms with E-state index < -0.39 is 0 Å². The van der Waals surface area contributed by atoms with Crippen LogP contribution in [0.3, 0.4) is 0 Å². The van der Waals surface area contributed by atoms with E-state index in [1.165, 1.54) is 12.0 Å². The van der Waals surface area contributed by atoms with E-state index in [1.54, 1.807) is 0 Å². The smallest absolute Gasteiger partial charge is 0.318 e. The number of likely N-dealkylation sites (N-methyl/N-ethyl adjacent to an activating group) is 1. The van der Waals surface area contributed by atoms with Crippen molar-refractivity contribution >= 4 is 33.9 Å². The van der Waals surface area contributed by atoms with Gasteiger partial charge in [-0.15, -0.1) is 0 Å². The average molecular weight is 532 g/mol. The zero-order chi connectivity index (χ0) is 25.8. The predicted octanol–water partition coefficient (Wildman–Crippen LogP) is 5.06. The Balaban J connectivity index is 1.22. The van der Waals surface area contributed by atoms with Crippen LogP contribution in [0.1, 0.15) is 30.5 Å². The second kappa shape index (κ2) is 9.62. The number of halogens is 1. The van der Waals surface area contributed by atoms with Crippen LogP contribution in [-0.2, 0) is 17.7 Å². The minimum absolute atomic E-state index is 0.205. The van der Waals surface area contributed by atoms with E-state index in [0.29, 0.717) is 31.1 Å². The molecular weight excluding hydrogens is 498 g/mol. The normalized spacial score (nSPS) is 25.1. The third-order valence-electron chi connectivity index (χ3n) is 8.85. The first-order chi connectivity index (χ1) is 18.5. The van der Waals surface area contributed by atoms with Crippen molar-refractivity contribution in [2.24, 2.45) is 5.92 Å². The second-order valence-electron chi connectivity index (χ2n) is 11.1. The van der Waals surface area contributed by atoms with Crippen molar-refractivity contribution in [3.8, 4) is 6.01 Å². The number of fused-ring (bicyclic) bond motifs is 3. The molecule has 1 aromatic heterocycles. The molecule has 0 saturated carbocycles. The van der Waals surface area contributed by atoms with E-state index in [4.69, 9.17) is 31.0 Å². The van der Waals surface area contributed by atoms with Crippen molar-refractivity contribution in [3.63, 3.8) is 0 Å². The summed E-state index contributed by atoms with van der Waals surface area (Å²) in [5.41, 5.74) is 3.42. The van der Waals surface area contributed by atoms with Gasteiger partial charge in [-0.3, -0.25) is 0 Å². The van der Waals surface area contributed by atoms with Crippen LogP contribution in [0.5, 0.6) is 6.01 Å². The number of anilines is 2. The lowest BCUT2D eigenvalue weighted by molar-refractivity contribution is -0.0499. The maximum absolute atomic E-state index is 6.69. The molecule has 0 amide bonds. The molecule has 7 nitrogen and oxygen atoms in total. The molecule has 0 N–H and O–H groups in total. The Morgan fingerprint density at radius 2 is 1.95 bits per heavy atom. The minimum Gasteiger partial charge on any atom is -0.492 e. The van der Waals surface area contributed by atoms with Crippen molar-refractivity contribution in [1.82, 2.24) is 14.9 Å². The van der Waals surface area contributed by atoms with Gasteiger partial charge in [0.15, 0.2) is 0 Å². The molecule has 8 heteroatoms. The van der Waals surface area contributed by atoms with Crippen LogP contribution in [0, 0.1) is 5.92 Å². The highest BCUT2D eigenvalue weighted by atomic mass is 35.5. The zero-order valence-corrected chi connectivity index (χ0v) is 22.7. The molecule has 3 unspecified atom stereocenters. The summed E-state index contributed by atoms with van der Waals surface area (Å²) in [6.45, 7) is 9.15. The highest BCUT2D eigenvalue weighted by Crippen LogP contribution is 2.41. The topological polar surface area (TPSA) is 54.0 Å². The fourth-order valence-corrected chi connectivity index (χ4v) is 6.91. The summed E-state index contributed by atoms with van der Waals surface area (Å²) in [6.07, 6.45) is 4.49. The maximum Gasteiger partial charge on any atom is 0.318 e. The SMILES string of the molecule is C=C1OC2CN(c3nc(OCC4CCCN4C)nc4c3CCN(c3cccc5cccc(Cl)c35)C4)CCC12. The van der Waals surface area contributed by atoms with E-state index in [1.807, 2.05) is 12.1 Å². The quantitative estimate of drug-likeness (QED) is 0.456.